The summed E-state index contributed by atoms with van der Waals surface area (Å²) in [5, 5.41) is 0. The second kappa shape index (κ2) is 5.22. The van der Waals surface area contributed by atoms with Crippen molar-refractivity contribution in [2.45, 2.75) is 0 Å². The van der Waals surface area contributed by atoms with E-state index in [4.69, 9.17) is 17.5 Å². The van der Waals surface area contributed by atoms with E-state index in [2.05, 4.69) is 0 Å². The fourth-order valence-electron chi connectivity index (χ4n) is 0. The van der Waals surface area contributed by atoms with Crippen LogP contribution in [0.2, 0.25) is 0 Å². The van der Waals surface area contributed by atoms with Gasteiger partial charge in [-0.05, 0) is 0 Å². The summed E-state index contributed by atoms with van der Waals surface area (Å²) in [5.74, 6) is 0. The number of hydrogen-bond donors (Lipinski definition) is 0. The molecule has 0 aromatic rings. The Morgan fingerprint density at radius 2 is 1.14 bits per heavy atom. The Hall–Kier alpha value is 1.08. The molecule has 0 aromatic heterocycles. The van der Waals surface area contributed by atoms with Gasteiger partial charge in [0.15, 0.2) is 0 Å². The predicted octanol–water partition coefficient (Wildman–Crippen LogP) is -0.919. The van der Waals surface area contributed by atoms with E-state index in [0.29, 0.717) is 0 Å². The fourth-order valence-corrected chi connectivity index (χ4v) is 0. The van der Waals surface area contributed by atoms with Crippen LogP contribution >= 0.6 is 12.4 Å². The quantitative estimate of drug-likeness (QED) is 0.314. The van der Waals surface area contributed by atoms with Crippen molar-refractivity contribution >= 4 is 22.8 Å². The van der Waals surface area contributed by atoms with Gasteiger partial charge in [-0.1, -0.05) is 0 Å². The van der Waals surface area contributed by atoms with Crippen LogP contribution in [0.1, 0.15) is 0 Å². The van der Waals surface area contributed by atoms with Gasteiger partial charge in [0.2, 0.25) is 0 Å². The SMILES string of the molecule is Cl.O=S(=O)([O-])[O-].[Cd+2]. The van der Waals surface area contributed by atoms with Crippen molar-refractivity contribution < 1.29 is 44.8 Å². The summed E-state index contributed by atoms with van der Waals surface area (Å²) in [6, 6.07) is 0. The third kappa shape index (κ3) is 156. The van der Waals surface area contributed by atoms with Crippen LogP contribution in [0.3, 0.4) is 0 Å². The first-order chi connectivity index (χ1) is 2.00. The van der Waals surface area contributed by atoms with E-state index in [0.717, 1.165) is 0 Å². The third-order valence-corrected chi connectivity index (χ3v) is 0. The summed E-state index contributed by atoms with van der Waals surface area (Å²) in [6.07, 6.45) is 0. The Balaban J connectivity index is -0.0000000800. The Labute approximate surface area is 67.4 Å². The molecule has 0 rings (SSSR count). The van der Waals surface area contributed by atoms with Crippen LogP contribution in [-0.2, 0) is 37.7 Å². The fraction of sp³-hybridized carbons (Fsp3) is 0. The summed E-state index contributed by atoms with van der Waals surface area (Å²) < 4.78 is 34.1. The zero-order valence-electron chi connectivity index (χ0n) is 3.16. The Bertz CT molecular complexity index is 94.9. The average molecular weight is 245 g/mol. The molecule has 7 heavy (non-hydrogen) atoms. The molecule has 0 amide bonds. The molecule has 0 heterocycles. The maximum Gasteiger partial charge on any atom is 2.00 e. The van der Waals surface area contributed by atoms with E-state index in [1.165, 1.54) is 0 Å². The van der Waals surface area contributed by atoms with Crippen molar-refractivity contribution in [3.05, 3.63) is 0 Å². The summed E-state index contributed by atoms with van der Waals surface area (Å²) >= 11 is 0. The van der Waals surface area contributed by atoms with E-state index in [1.807, 2.05) is 0 Å². The molecule has 0 spiro atoms. The van der Waals surface area contributed by atoms with Gasteiger partial charge in [0.25, 0.3) is 0 Å². The monoisotopic (exact) mass is 246 g/mol. The molecule has 0 fully saturated rings. The molecular weight excluding hydrogens is 244 g/mol. The molecule has 0 aliphatic rings. The first-order valence-electron chi connectivity index (χ1n) is 0.667. The van der Waals surface area contributed by atoms with Gasteiger partial charge in [-0.2, -0.15) is 0 Å². The summed E-state index contributed by atoms with van der Waals surface area (Å²) in [4.78, 5) is 0. The van der Waals surface area contributed by atoms with Crippen LogP contribution in [0.15, 0.2) is 0 Å². The minimum absolute atomic E-state index is 0. The second-order valence-electron chi connectivity index (χ2n) is 0.408. The van der Waals surface area contributed by atoms with Gasteiger partial charge < -0.3 is 9.11 Å². The largest absolute Gasteiger partial charge is 2.00 e. The van der Waals surface area contributed by atoms with Gasteiger partial charge in [0, 0.05) is 10.4 Å². The van der Waals surface area contributed by atoms with Crippen molar-refractivity contribution in [2.24, 2.45) is 0 Å². The second-order valence-corrected chi connectivity index (χ2v) is 1.22. The van der Waals surface area contributed by atoms with Gasteiger partial charge in [0.1, 0.15) is 0 Å². The molecule has 0 aliphatic heterocycles. The van der Waals surface area contributed by atoms with Crippen molar-refractivity contribution in [3.8, 4) is 0 Å². The van der Waals surface area contributed by atoms with Crippen LogP contribution in [0.5, 0.6) is 0 Å². The number of halogens is 1. The number of rotatable bonds is 0. The molecule has 40 valence electrons. The predicted molar refractivity (Wildman–Crippen MR) is 17.7 cm³/mol. The van der Waals surface area contributed by atoms with Gasteiger partial charge in [-0.3, -0.25) is 8.42 Å². The normalized spacial score (nSPS) is 8.29. The molecule has 0 bridgehead atoms. The molecule has 0 aliphatic carbocycles. The summed E-state index contributed by atoms with van der Waals surface area (Å²) in [5.41, 5.74) is 0. The minimum atomic E-state index is -5.17. The smallest absolute Gasteiger partial charge is 0.759 e. The molecule has 0 atom stereocenters. The maximum absolute atomic E-state index is 8.52. The van der Waals surface area contributed by atoms with E-state index in [1.54, 1.807) is 0 Å². The van der Waals surface area contributed by atoms with Gasteiger partial charge in [0.05, 0.1) is 0 Å². The average Bonchev–Trinajstić information content (AvgIpc) is 0.722. The molecule has 0 saturated carbocycles. The van der Waals surface area contributed by atoms with E-state index < -0.39 is 10.4 Å². The first kappa shape index (κ1) is 15.7. The minimum Gasteiger partial charge on any atom is -0.759 e. The first-order valence-corrected chi connectivity index (χ1v) is 2.00. The molecule has 0 aromatic carbocycles. The number of hydrogen-bond acceptors (Lipinski definition) is 4. The summed E-state index contributed by atoms with van der Waals surface area (Å²) in [6.45, 7) is 0. The third-order valence-electron chi connectivity index (χ3n) is 0. The van der Waals surface area contributed by atoms with Crippen LogP contribution in [-0.4, -0.2) is 17.5 Å². The van der Waals surface area contributed by atoms with Crippen molar-refractivity contribution in [1.29, 1.82) is 0 Å². The van der Waals surface area contributed by atoms with E-state index >= 15 is 0 Å². The molecule has 4 nitrogen and oxygen atoms in total. The molecule has 0 N–H and O–H groups in total. The van der Waals surface area contributed by atoms with Gasteiger partial charge >= 0.3 is 27.3 Å². The van der Waals surface area contributed by atoms with Gasteiger partial charge in [-0.25, -0.2) is 0 Å². The standard InChI is InChI=1S/Cd.ClH.H2O4S/c;;1-5(2,3)4/h;1H;(H2,1,2,3,4)/q+2;;/p-2. The topological polar surface area (TPSA) is 80.3 Å². The maximum atomic E-state index is 8.52. The van der Waals surface area contributed by atoms with E-state index in [9.17, 15) is 0 Å². The van der Waals surface area contributed by atoms with Crippen LogP contribution in [0.4, 0.5) is 0 Å². The molecule has 0 saturated heterocycles. The van der Waals surface area contributed by atoms with E-state index in [-0.39, 0.29) is 39.7 Å². The molecule has 7 heteroatoms. The zero-order chi connectivity index (χ0) is 4.50. The van der Waals surface area contributed by atoms with Crippen molar-refractivity contribution in [2.75, 3.05) is 0 Å². The van der Waals surface area contributed by atoms with Crippen molar-refractivity contribution in [3.63, 3.8) is 0 Å². The zero-order valence-corrected chi connectivity index (χ0v) is 8.83. The molecule has 0 radical (unpaired) electrons. The van der Waals surface area contributed by atoms with Gasteiger partial charge in [-0.15, -0.1) is 12.4 Å². The van der Waals surface area contributed by atoms with Crippen molar-refractivity contribution in [1.82, 2.24) is 0 Å². The summed E-state index contributed by atoms with van der Waals surface area (Å²) in [7, 11) is -5.17. The van der Waals surface area contributed by atoms with Crippen LogP contribution in [0, 0.1) is 0 Å². The van der Waals surface area contributed by atoms with Crippen LogP contribution < -0.4 is 0 Å². The molecular formula is HCdClO4S. The Morgan fingerprint density at radius 1 is 1.14 bits per heavy atom. The Kier molecular flexibility index (Phi) is 11.7. The Morgan fingerprint density at radius 3 is 1.14 bits per heavy atom. The van der Waals surface area contributed by atoms with Crippen LogP contribution in [0.25, 0.3) is 0 Å². The molecule has 0 unspecified atom stereocenters.